The number of nitrogens with zero attached hydrogens (tertiary/aromatic N) is 2. The van der Waals surface area contributed by atoms with Crippen molar-refractivity contribution in [2.75, 3.05) is 12.3 Å². The Balaban J connectivity index is 0.00000289. The van der Waals surface area contributed by atoms with Crippen LogP contribution in [0.4, 0.5) is 10.2 Å². The second-order valence-electron chi connectivity index (χ2n) is 7.12. The first-order valence-corrected chi connectivity index (χ1v) is 11.1. The molecule has 0 spiro atoms. The summed E-state index contributed by atoms with van der Waals surface area (Å²) < 4.78 is 43.4. The molecular weight excluding hydrogens is 453 g/mol. The molecule has 1 aliphatic heterocycles. The van der Waals surface area contributed by atoms with E-state index in [1.54, 1.807) is 24.3 Å². The van der Waals surface area contributed by atoms with Crippen LogP contribution in [-0.2, 0) is 14.8 Å². The van der Waals surface area contributed by atoms with Crippen molar-refractivity contribution in [1.29, 1.82) is 0 Å². The molecular formula is C21H22FN5O3S2. The van der Waals surface area contributed by atoms with E-state index in [-0.39, 0.29) is 35.7 Å². The minimum atomic E-state index is -4.02. The van der Waals surface area contributed by atoms with Crippen molar-refractivity contribution in [2.24, 2.45) is 0 Å². The van der Waals surface area contributed by atoms with Crippen LogP contribution in [0.3, 0.4) is 0 Å². The molecule has 0 radical (unpaired) electrons. The Hall–Kier alpha value is -3.02. The lowest BCUT2D eigenvalue weighted by Crippen LogP contribution is -2.50. The monoisotopic (exact) mass is 475 g/mol. The fourth-order valence-electron chi connectivity index (χ4n) is 3.44. The van der Waals surface area contributed by atoms with Crippen LogP contribution in [0.15, 0.2) is 59.8 Å². The number of amides is 1. The number of halogens is 1. The Labute approximate surface area is 192 Å². The van der Waals surface area contributed by atoms with Crippen LogP contribution in [0, 0.1) is 5.82 Å². The second kappa shape index (κ2) is 9.63. The molecule has 3 aromatic rings. The minimum Gasteiger partial charge on any atom is -0.382 e. The fraction of sp³-hybridized carbons (Fsp3) is 0.190. The van der Waals surface area contributed by atoms with E-state index in [0.29, 0.717) is 36.2 Å². The summed E-state index contributed by atoms with van der Waals surface area (Å²) in [5.41, 5.74) is 6.74. The van der Waals surface area contributed by atoms with Crippen LogP contribution in [0.25, 0.3) is 22.4 Å². The molecule has 0 bridgehead atoms. The van der Waals surface area contributed by atoms with Crippen molar-refractivity contribution in [3.05, 3.63) is 60.7 Å². The largest absolute Gasteiger partial charge is 0.382 e. The van der Waals surface area contributed by atoms with Crippen LogP contribution < -0.4 is 15.8 Å². The number of sulfonamides is 1. The van der Waals surface area contributed by atoms with Crippen molar-refractivity contribution in [1.82, 2.24) is 20.0 Å². The van der Waals surface area contributed by atoms with Gasteiger partial charge in [-0.05, 0) is 36.6 Å². The summed E-state index contributed by atoms with van der Waals surface area (Å²) in [6.07, 6.45) is 3.79. The molecule has 11 heteroatoms. The maximum Gasteiger partial charge on any atom is 0.241 e. The summed E-state index contributed by atoms with van der Waals surface area (Å²) in [4.78, 5) is 19.9. The average molecular weight is 476 g/mol. The van der Waals surface area contributed by atoms with Crippen LogP contribution in [-0.4, -0.2) is 36.9 Å². The predicted molar refractivity (Wildman–Crippen MR) is 124 cm³/mol. The van der Waals surface area contributed by atoms with Gasteiger partial charge in [-0.25, -0.2) is 17.8 Å². The zero-order valence-corrected chi connectivity index (χ0v) is 18.7. The quantitative estimate of drug-likeness (QED) is 0.519. The van der Waals surface area contributed by atoms with E-state index in [2.05, 4.69) is 20.0 Å². The second-order valence-corrected chi connectivity index (χ2v) is 8.81. The van der Waals surface area contributed by atoms with E-state index in [4.69, 9.17) is 5.73 Å². The number of anilines is 1. The summed E-state index contributed by atoms with van der Waals surface area (Å²) in [5.74, 6) is -0.713. The van der Waals surface area contributed by atoms with E-state index in [1.807, 2.05) is 0 Å². The molecule has 1 fully saturated rings. The Kier molecular flexibility index (Phi) is 7.12. The molecule has 32 heavy (non-hydrogen) atoms. The summed E-state index contributed by atoms with van der Waals surface area (Å²) in [5, 5.41) is 2.65. The topological polar surface area (TPSA) is 127 Å². The molecule has 1 amide bonds. The third-order valence-corrected chi connectivity index (χ3v) is 6.52. The van der Waals surface area contributed by atoms with E-state index >= 15 is 0 Å². The number of piperidine rings is 1. The number of nitrogens with one attached hydrogen (secondary N) is 2. The number of aromatic nitrogens is 2. The normalized spacial score (nSPS) is 16.2. The SMILES string of the molecule is Nc1cnc(-c2ccc(-c3ccccc3S(=O)(=O)N[C@@H]3CCCNC3=O)cc2F)cn1.S. The minimum absolute atomic E-state index is 0. The number of rotatable bonds is 5. The maximum atomic E-state index is 14.9. The van der Waals surface area contributed by atoms with Gasteiger partial charge in [0.25, 0.3) is 0 Å². The van der Waals surface area contributed by atoms with Crippen molar-refractivity contribution in [3.63, 3.8) is 0 Å². The molecule has 2 aromatic carbocycles. The Morgan fingerprint density at radius 3 is 2.56 bits per heavy atom. The van der Waals surface area contributed by atoms with Gasteiger partial charge in [0, 0.05) is 17.7 Å². The lowest BCUT2D eigenvalue weighted by molar-refractivity contribution is -0.124. The number of carbonyl (C=O) groups is 1. The first-order valence-electron chi connectivity index (χ1n) is 9.62. The highest BCUT2D eigenvalue weighted by molar-refractivity contribution is 7.89. The average Bonchev–Trinajstić information content (AvgIpc) is 2.76. The number of carbonyl (C=O) groups excluding carboxylic acids is 1. The third kappa shape index (κ3) is 4.90. The molecule has 0 aliphatic carbocycles. The number of hydrogen-bond acceptors (Lipinski definition) is 6. The fourth-order valence-corrected chi connectivity index (χ4v) is 4.90. The molecule has 0 saturated carbocycles. The molecule has 0 unspecified atom stereocenters. The van der Waals surface area contributed by atoms with Crippen LogP contribution in [0.5, 0.6) is 0 Å². The summed E-state index contributed by atoms with van der Waals surface area (Å²) in [6.45, 7) is 0.525. The highest BCUT2D eigenvalue weighted by Gasteiger charge is 2.29. The van der Waals surface area contributed by atoms with E-state index < -0.39 is 21.9 Å². The molecule has 1 atom stereocenters. The molecule has 8 nitrogen and oxygen atoms in total. The van der Waals surface area contributed by atoms with Gasteiger partial charge in [0.1, 0.15) is 17.7 Å². The lowest BCUT2D eigenvalue weighted by atomic mass is 10.0. The standard InChI is InChI=1S/C21H20FN5O3S.H2S/c22-16-10-13(7-8-15(16)18-11-26-20(23)12-25-18)14-4-1-2-6-19(14)31(29,30)27-17-5-3-9-24-21(17)28;/h1-2,4,6-8,10-12,17,27H,3,5,9H2,(H2,23,26)(H,24,28);1H2/t17-;/m1./s1. The van der Waals surface area contributed by atoms with Gasteiger partial charge in [-0.3, -0.25) is 9.78 Å². The Bertz CT molecular complexity index is 1240. The molecule has 4 rings (SSSR count). The highest BCUT2D eigenvalue weighted by atomic mass is 32.2. The molecule has 1 aliphatic rings. The first kappa shape index (κ1) is 23.6. The van der Waals surface area contributed by atoms with Gasteiger partial charge >= 0.3 is 0 Å². The summed E-state index contributed by atoms with van der Waals surface area (Å²) >= 11 is 0. The van der Waals surface area contributed by atoms with Gasteiger partial charge in [0.15, 0.2) is 0 Å². The smallest absolute Gasteiger partial charge is 0.241 e. The van der Waals surface area contributed by atoms with Gasteiger partial charge in [0.05, 0.1) is 23.0 Å². The highest BCUT2D eigenvalue weighted by Crippen LogP contribution is 2.31. The summed E-state index contributed by atoms with van der Waals surface area (Å²) in [7, 11) is -4.02. The van der Waals surface area contributed by atoms with Crippen molar-refractivity contribution >= 4 is 35.2 Å². The molecule has 1 aromatic heterocycles. The van der Waals surface area contributed by atoms with Gasteiger partial charge < -0.3 is 11.1 Å². The van der Waals surface area contributed by atoms with Crippen molar-refractivity contribution < 1.29 is 17.6 Å². The Morgan fingerprint density at radius 1 is 1.09 bits per heavy atom. The Morgan fingerprint density at radius 2 is 1.88 bits per heavy atom. The molecule has 168 valence electrons. The van der Waals surface area contributed by atoms with Gasteiger partial charge in [-0.2, -0.15) is 18.2 Å². The molecule has 4 N–H and O–H groups in total. The van der Waals surface area contributed by atoms with Crippen LogP contribution in [0.1, 0.15) is 12.8 Å². The van der Waals surface area contributed by atoms with E-state index in [0.717, 1.165) is 0 Å². The number of nitrogen functional groups attached to an aromatic ring is 1. The van der Waals surface area contributed by atoms with E-state index in [9.17, 15) is 17.6 Å². The van der Waals surface area contributed by atoms with Gasteiger partial charge in [0.2, 0.25) is 15.9 Å². The third-order valence-electron chi connectivity index (χ3n) is 4.99. The van der Waals surface area contributed by atoms with Gasteiger partial charge in [-0.1, -0.05) is 24.3 Å². The van der Waals surface area contributed by atoms with Crippen LogP contribution >= 0.6 is 13.5 Å². The number of hydrogen-bond donors (Lipinski definition) is 3. The lowest BCUT2D eigenvalue weighted by Gasteiger charge is -2.23. The first-order chi connectivity index (χ1) is 14.8. The predicted octanol–water partition coefficient (Wildman–Crippen LogP) is 2.20. The van der Waals surface area contributed by atoms with Gasteiger partial charge in [-0.15, -0.1) is 0 Å². The van der Waals surface area contributed by atoms with Crippen molar-refractivity contribution in [2.45, 2.75) is 23.8 Å². The summed E-state index contributed by atoms with van der Waals surface area (Å²) in [6, 6.07) is 9.79. The van der Waals surface area contributed by atoms with Crippen LogP contribution in [0.2, 0.25) is 0 Å². The zero-order valence-electron chi connectivity index (χ0n) is 16.9. The molecule has 1 saturated heterocycles. The number of nitrogens with two attached hydrogens (primary N) is 1. The maximum absolute atomic E-state index is 14.9. The molecule has 2 heterocycles. The number of benzene rings is 2. The van der Waals surface area contributed by atoms with E-state index in [1.165, 1.54) is 30.6 Å². The van der Waals surface area contributed by atoms with Crippen molar-refractivity contribution in [3.8, 4) is 22.4 Å². The zero-order chi connectivity index (χ0) is 22.0.